The van der Waals surface area contributed by atoms with Crippen LogP contribution >= 0.6 is 0 Å². The van der Waals surface area contributed by atoms with Gasteiger partial charge in [-0.1, -0.05) is 48.0 Å². The number of carbonyl (C=O) groups is 1. The fourth-order valence-electron chi connectivity index (χ4n) is 3.74. The maximum Gasteiger partial charge on any atom is 0.277 e. The molecule has 4 aromatic rings. The summed E-state index contributed by atoms with van der Waals surface area (Å²) in [4.78, 5) is 36.1. The second-order valence-corrected chi connectivity index (χ2v) is 7.76. The van der Waals surface area contributed by atoms with E-state index < -0.39 is 27.1 Å². The number of phenolic OH excluding ortho intramolecular Hbond substituents is 1. The van der Waals surface area contributed by atoms with Gasteiger partial charge in [0.15, 0.2) is 0 Å². The number of nitro benzene ring substituents is 2. The van der Waals surface area contributed by atoms with E-state index in [1.165, 1.54) is 11.0 Å². The molecule has 9 heteroatoms. The van der Waals surface area contributed by atoms with Crippen molar-refractivity contribution in [2.75, 3.05) is 4.90 Å². The minimum absolute atomic E-state index is 0.0198. The lowest BCUT2D eigenvalue weighted by molar-refractivity contribution is -0.394. The van der Waals surface area contributed by atoms with Crippen molar-refractivity contribution in [1.29, 1.82) is 0 Å². The number of aromatic hydroxyl groups is 1. The van der Waals surface area contributed by atoms with E-state index in [9.17, 15) is 30.1 Å². The molecule has 0 radical (unpaired) electrons. The molecule has 34 heavy (non-hydrogen) atoms. The normalized spacial score (nSPS) is 10.7. The first kappa shape index (κ1) is 22.4. The molecule has 0 atom stereocenters. The summed E-state index contributed by atoms with van der Waals surface area (Å²) in [6.07, 6.45) is 0. The van der Waals surface area contributed by atoms with E-state index >= 15 is 0 Å². The zero-order valence-corrected chi connectivity index (χ0v) is 18.0. The lowest BCUT2D eigenvalue weighted by atomic mass is 10.0. The molecule has 0 saturated heterocycles. The average molecular weight is 457 g/mol. The molecule has 0 aromatic heterocycles. The fraction of sp³-hybridized carbons (Fsp3) is 0.0800. The van der Waals surface area contributed by atoms with Crippen LogP contribution in [0.2, 0.25) is 0 Å². The van der Waals surface area contributed by atoms with Crippen molar-refractivity contribution in [2.45, 2.75) is 13.5 Å². The molecule has 0 bridgehead atoms. The Hall–Kier alpha value is -4.79. The molecular formula is C25H19N3O6. The molecule has 0 aliphatic rings. The maximum absolute atomic E-state index is 13.6. The van der Waals surface area contributed by atoms with Crippen LogP contribution < -0.4 is 4.90 Å². The van der Waals surface area contributed by atoms with Crippen molar-refractivity contribution in [2.24, 2.45) is 0 Å². The van der Waals surface area contributed by atoms with Gasteiger partial charge in [0, 0.05) is 23.4 Å². The summed E-state index contributed by atoms with van der Waals surface area (Å²) in [5, 5.41) is 34.9. The van der Waals surface area contributed by atoms with Crippen molar-refractivity contribution in [3.05, 3.63) is 116 Å². The Bertz CT molecular complexity index is 1400. The number of nitro groups is 2. The third-order valence-corrected chi connectivity index (χ3v) is 5.49. The summed E-state index contributed by atoms with van der Waals surface area (Å²) in [5.74, 6) is -0.698. The molecule has 0 fully saturated rings. The Morgan fingerprint density at radius 3 is 2.12 bits per heavy atom. The van der Waals surface area contributed by atoms with Gasteiger partial charge in [0.25, 0.3) is 17.3 Å². The van der Waals surface area contributed by atoms with Gasteiger partial charge in [-0.2, -0.15) is 0 Å². The highest BCUT2D eigenvalue weighted by atomic mass is 16.6. The van der Waals surface area contributed by atoms with E-state index in [4.69, 9.17) is 0 Å². The summed E-state index contributed by atoms with van der Waals surface area (Å²) >= 11 is 0. The van der Waals surface area contributed by atoms with Gasteiger partial charge in [-0.15, -0.1) is 0 Å². The van der Waals surface area contributed by atoms with Gasteiger partial charge in [-0.3, -0.25) is 25.0 Å². The first-order chi connectivity index (χ1) is 16.2. The van der Waals surface area contributed by atoms with Crippen LogP contribution in [-0.2, 0) is 6.54 Å². The molecule has 9 nitrogen and oxygen atoms in total. The van der Waals surface area contributed by atoms with Gasteiger partial charge >= 0.3 is 0 Å². The van der Waals surface area contributed by atoms with E-state index in [-0.39, 0.29) is 17.9 Å². The molecule has 4 aromatic carbocycles. The Kier molecular flexibility index (Phi) is 5.92. The number of aryl methyl sites for hydroxylation is 1. The van der Waals surface area contributed by atoms with Crippen LogP contribution in [0.25, 0.3) is 10.8 Å². The largest absolute Gasteiger partial charge is 0.508 e. The van der Waals surface area contributed by atoms with Crippen molar-refractivity contribution < 1.29 is 19.7 Å². The highest BCUT2D eigenvalue weighted by molar-refractivity contribution is 6.07. The van der Waals surface area contributed by atoms with Crippen molar-refractivity contribution in [3.8, 4) is 5.75 Å². The summed E-state index contributed by atoms with van der Waals surface area (Å²) in [6, 6.07) is 20.5. The van der Waals surface area contributed by atoms with E-state index in [0.29, 0.717) is 11.3 Å². The monoisotopic (exact) mass is 457 g/mol. The van der Waals surface area contributed by atoms with Crippen molar-refractivity contribution >= 4 is 33.7 Å². The quantitative estimate of drug-likeness (QED) is 0.300. The number of rotatable bonds is 6. The Morgan fingerprint density at radius 2 is 1.50 bits per heavy atom. The van der Waals surface area contributed by atoms with Gasteiger partial charge in [0.1, 0.15) is 5.75 Å². The van der Waals surface area contributed by atoms with E-state index in [1.54, 1.807) is 30.3 Å². The number of hydrogen-bond acceptors (Lipinski definition) is 6. The first-order valence-corrected chi connectivity index (χ1v) is 10.3. The highest BCUT2D eigenvalue weighted by Crippen LogP contribution is 2.32. The van der Waals surface area contributed by atoms with E-state index in [1.807, 2.05) is 31.2 Å². The molecule has 0 aliphatic heterocycles. The van der Waals surface area contributed by atoms with Crippen LogP contribution in [0.3, 0.4) is 0 Å². The number of benzene rings is 4. The molecular weight excluding hydrogens is 438 g/mol. The number of fused-ring (bicyclic) bond motifs is 1. The number of hydrogen-bond donors (Lipinski definition) is 1. The fourth-order valence-corrected chi connectivity index (χ4v) is 3.74. The number of non-ortho nitro benzene ring substituents is 2. The number of amides is 1. The third-order valence-electron chi connectivity index (χ3n) is 5.49. The summed E-state index contributed by atoms with van der Waals surface area (Å²) in [6.45, 7) is 1.82. The average Bonchev–Trinajstić information content (AvgIpc) is 2.83. The predicted molar refractivity (Wildman–Crippen MR) is 127 cm³/mol. The van der Waals surface area contributed by atoms with Gasteiger partial charge in [-0.05, 0) is 35.9 Å². The van der Waals surface area contributed by atoms with Gasteiger partial charge in [0.2, 0.25) is 0 Å². The molecule has 1 N–H and O–H groups in total. The molecule has 1 amide bonds. The van der Waals surface area contributed by atoms with Gasteiger partial charge in [-0.25, -0.2) is 0 Å². The third kappa shape index (κ3) is 4.40. The van der Waals surface area contributed by atoms with Crippen molar-refractivity contribution in [3.63, 3.8) is 0 Å². The zero-order valence-electron chi connectivity index (χ0n) is 18.0. The molecule has 0 saturated carbocycles. The van der Waals surface area contributed by atoms with Crippen LogP contribution in [-0.4, -0.2) is 20.9 Å². The lowest BCUT2D eigenvalue weighted by Crippen LogP contribution is -2.30. The minimum atomic E-state index is -0.781. The Morgan fingerprint density at radius 1 is 0.882 bits per heavy atom. The molecule has 0 aliphatic carbocycles. The number of carbonyl (C=O) groups excluding carboxylic acids is 1. The summed E-state index contributed by atoms with van der Waals surface area (Å²) in [5.41, 5.74) is 0.573. The molecule has 0 unspecified atom stereocenters. The smallest absolute Gasteiger partial charge is 0.277 e. The van der Waals surface area contributed by atoms with Crippen LogP contribution in [0, 0.1) is 27.2 Å². The van der Waals surface area contributed by atoms with Gasteiger partial charge < -0.3 is 10.0 Å². The van der Waals surface area contributed by atoms with Crippen LogP contribution in [0.1, 0.15) is 21.5 Å². The van der Waals surface area contributed by atoms with E-state index in [0.717, 1.165) is 34.5 Å². The van der Waals surface area contributed by atoms with Crippen LogP contribution in [0.4, 0.5) is 17.1 Å². The zero-order chi connectivity index (χ0) is 24.4. The molecule has 0 spiro atoms. The van der Waals surface area contributed by atoms with Crippen molar-refractivity contribution in [1.82, 2.24) is 0 Å². The number of anilines is 1. The molecule has 170 valence electrons. The summed E-state index contributed by atoms with van der Waals surface area (Å²) < 4.78 is 0. The second-order valence-electron chi connectivity index (χ2n) is 7.76. The number of nitrogens with zero attached hydrogens (tertiary/aromatic N) is 3. The molecule has 0 heterocycles. The molecule has 4 rings (SSSR count). The lowest BCUT2D eigenvalue weighted by Gasteiger charge is -2.24. The van der Waals surface area contributed by atoms with Crippen LogP contribution in [0.15, 0.2) is 78.9 Å². The SMILES string of the molecule is Cc1ccc(N(Cc2c(O)ccc3ccccc23)C(=O)c2cc([N+](=O)[O-])cc([N+](=O)[O-])c2)cc1. The predicted octanol–water partition coefficient (Wildman–Crippen LogP) is 5.52. The second kappa shape index (κ2) is 8.99. The van der Waals surface area contributed by atoms with Crippen LogP contribution in [0.5, 0.6) is 5.75 Å². The summed E-state index contributed by atoms with van der Waals surface area (Å²) in [7, 11) is 0. The van der Waals surface area contributed by atoms with E-state index in [2.05, 4.69) is 0 Å². The number of phenols is 1. The minimum Gasteiger partial charge on any atom is -0.508 e. The standard InChI is InChI=1S/C25H19N3O6/c1-16-6-9-19(10-7-16)26(15-23-22-5-3-2-4-17(22)8-11-24(23)29)25(30)18-12-20(27(31)32)14-21(13-18)28(33)34/h2-14,29H,15H2,1H3. The maximum atomic E-state index is 13.6. The van der Waals surface area contributed by atoms with Gasteiger partial charge in [0.05, 0.1) is 28.0 Å². The topological polar surface area (TPSA) is 127 Å². The Labute approximate surface area is 193 Å². The first-order valence-electron chi connectivity index (χ1n) is 10.3. The Balaban J connectivity index is 1.87. The highest BCUT2D eigenvalue weighted by Gasteiger charge is 2.25.